The molecule has 148 valence electrons. The molecule has 0 aliphatic rings. The van der Waals surface area contributed by atoms with Gasteiger partial charge in [-0.3, -0.25) is 4.79 Å². The van der Waals surface area contributed by atoms with Gasteiger partial charge in [-0.05, 0) is 36.3 Å². The topological polar surface area (TPSA) is 59.8 Å². The fourth-order valence-electron chi connectivity index (χ4n) is 3.07. The molecule has 7 heteroatoms. The first kappa shape index (κ1) is 20.6. The zero-order chi connectivity index (χ0) is 19.9. The number of carbonyl (C=O) groups is 1. The molecule has 1 aromatic carbocycles. The molecule has 1 atom stereocenters. The Kier molecular flexibility index (Phi) is 7.28. The molecule has 3 aromatic rings. The molecule has 28 heavy (non-hydrogen) atoms. The Labute approximate surface area is 174 Å². The van der Waals surface area contributed by atoms with Crippen molar-refractivity contribution in [2.75, 3.05) is 5.75 Å². The Hall–Kier alpha value is -2.12. The SMILES string of the molecule is CCn1c(SCC(=O)N[C@@H](CC(C)C)c2ccccc2)nnc1-c1cccs1. The van der Waals surface area contributed by atoms with Gasteiger partial charge in [0.2, 0.25) is 5.91 Å². The molecule has 0 unspecified atom stereocenters. The smallest absolute Gasteiger partial charge is 0.230 e. The third kappa shape index (κ3) is 5.23. The molecule has 0 spiro atoms. The lowest BCUT2D eigenvalue weighted by atomic mass is 9.97. The van der Waals surface area contributed by atoms with Gasteiger partial charge in [-0.1, -0.05) is 62.0 Å². The van der Waals surface area contributed by atoms with Crippen molar-refractivity contribution in [2.24, 2.45) is 5.92 Å². The number of nitrogens with zero attached hydrogens (tertiary/aromatic N) is 3. The lowest BCUT2D eigenvalue weighted by molar-refractivity contribution is -0.119. The molecule has 0 bridgehead atoms. The minimum absolute atomic E-state index is 0.0165. The summed E-state index contributed by atoms with van der Waals surface area (Å²) in [6, 6.07) is 14.2. The van der Waals surface area contributed by atoms with Crippen molar-refractivity contribution in [1.82, 2.24) is 20.1 Å². The van der Waals surface area contributed by atoms with E-state index in [2.05, 4.69) is 53.0 Å². The Morgan fingerprint density at radius 3 is 2.61 bits per heavy atom. The van der Waals surface area contributed by atoms with Gasteiger partial charge >= 0.3 is 0 Å². The van der Waals surface area contributed by atoms with Crippen LogP contribution in [0.1, 0.15) is 38.8 Å². The molecule has 1 amide bonds. The van der Waals surface area contributed by atoms with E-state index in [1.807, 2.05) is 35.7 Å². The Bertz CT molecular complexity index is 875. The van der Waals surface area contributed by atoms with Crippen LogP contribution < -0.4 is 5.32 Å². The number of hydrogen-bond donors (Lipinski definition) is 1. The minimum atomic E-state index is 0.0165. The van der Waals surface area contributed by atoms with Crippen molar-refractivity contribution in [3.05, 3.63) is 53.4 Å². The van der Waals surface area contributed by atoms with Crippen LogP contribution in [0.2, 0.25) is 0 Å². The maximum atomic E-state index is 12.6. The molecule has 0 aliphatic carbocycles. The van der Waals surface area contributed by atoms with E-state index in [-0.39, 0.29) is 11.9 Å². The number of amides is 1. The van der Waals surface area contributed by atoms with Crippen LogP contribution in [0.15, 0.2) is 53.0 Å². The number of thioether (sulfide) groups is 1. The summed E-state index contributed by atoms with van der Waals surface area (Å²) in [4.78, 5) is 13.7. The summed E-state index contributed by atoms with van der Waals surface area (Å²) < 4.78 is 2.06. The predicted molar refractivity (Wildman–Crippen MR) is 117 cm³/mol. The molecule has 0 saturated heterocycles. The average Bonchev–Trinajstić information content (AvgIpc) is 3.35. The number of rotatable bonds is 9. The van der Waals surface area contributed by atoms with E-state index in [1.165, 1.54) is 11.8 Å². The van der Waals surface area contributed by atoms with Crippen molar-refractivity contribution < 1.29 is 4.79 Å². The second kappa shape index (κ2) is 9.89. The molecule has 3 rings (SSSR count). The third-order valence-electron chi connectivity index (χ3n) is 4.35. The first-order chi connectivity index (χ1) is 13.6. The molecule has 0 aliphatic heterocycles. The van der Waals surface area contributed by atoms with Crippen molar-refractivity contribution in [1.29, 1.82) is 0 Å². The molecule has 1 N–H and O–H groups in total. The van der Waals surface area contributed by atoms with E-state index in [0.29, 0.717) is 11.7 Å². The highest BCUT2D eigenvalue weighted by atomic mass is 32.2. The highest BCUT2D eigenvalue weighted by Crippen LogP contribution is 2.27. The third-order valence-corrected chi connectivity index (χ3v) is 6.18. The van der Waals surface area contributed by atoms with Crippen LogP contribution in [0.4, 0.5) is 0 Å². The van der Waals surface area contributed by atoms with Gasteiger partial charge in [-0.15, -0.1) is 21.5 Å². The number of aromatic nitrogens is 3. The molecule has 0 radical (unpaired) electrons. The zero-order valence-corrected chi connectivity index (χ0v) is 18.1. The monoisotopic (exact) mass is 414 g/mol. The van der Waals surface area contributed by atoms with Crippen LogP contribution in [0.25, 0.3) is 10.7 Å². The standard InChI is InChI=1S/C21H26N4OS2/c1-4-25-20(18-11-8-12-27-18)23-24-21(25)28-14-19(26)22-17(13-15(2)3)16-9-6-5-7-10-16/h5-12,15,17H,4,13-14H2,1-3H3,(H,22,26)/t17-/m0/s1. The van der Waals surface area contributed by atoms with Crippen LogP contribution in [-0.4, -0.2) is 26.4 Å². The van der Waals surface area contributed by atoms with E-state index < -0.39 is 0 Å². The second-order valence-electron chi connectivity index (χ2n) is 6.98. The van der Waals surface area contributed by atoms with Gasteiger partial charge in [-0.2, -0.15) is 0 Å². The zero-order valence-electron chi connectivity index (χ0n) is 16.5. The summed E-state index contributed by atoms with van der Waals surface area (Å²) in [7, 11) is 0. The van der Waals surface area contributed by atoms with Gasteiger partial charge in [0.15, 0.2) is 11.0 Å². The molecule has 5 nitrogen and oxygen atoms in total. The number of benzene rings is 1. The largest absolute Gasteiger partial charge is 0.349 e. The van der Waals surface area contributed by atoms with Crippen LogP contribution >= 0.6 is 23.1 Å². The van der Waals surface area contributed by atoms with Gasteiger partial charge in [0.25, 0.3) is 0 Å². The van der Waals surface area contributed by atoms with Gasteiger partial charge in [0, 0.05) is 6.54 Å². The van der Waals surface area contributed by atoms with E-state index in [9.17, 15) is 4.79 Å². The Balaban J connectivity index is 1.65. The summed E-state index contributed by atoms with van der Waals surface area (Å²) in [6.07, 6.45) is 0.911. The van der Waals surface area contributed by atoms with Gasteiger partial charge in [0.1, 0.15) is 0 Å². The normalized spacial score (nSPS) is 12.3. The quantitative estimate of drug-likeness (QED) is 0.499. The van der Waals surface area contributed by atoms with Crippen molar-refractivity contribution >= 4 is 29.0 Å². The summed E-state index contributed by atoms with van der Waals surface area (Å²) >= 11 is 3.08. The molecular formula is C21H26N4OS2. The number of carbonyl (C=O) groups excluding carboxylic acids is 1. The first-order valence-electron chi connectivity index (χ1n) is 9.52. The fraction of sp³-hybridized carbons (Fsp3) is 0.381. The maximum absolute atomic E-state index is 12.6. The van der Waals surface area contributed by atoms with E-state index >= 15 is 0 Å². The van der Waals surface area contributed by atoms with Gasteiger partial charge in [0.05, 0.1) is 16.7 Å². The molecule has 2 aromatic heterocycles. The number of hydrogen-bond acceptors (Lipinski definition) is 5. The fourth-order valence-corrected chi connectivity index (χ4v) is 4.60. The van der Waals surface area contributed by atoms with E-state index in [4.69, 9.17) is 0 Å². The van der Waals surface area contributed by atoms with Crippen LogP contribution in [0, 0.1) is 5.92 Å². The van der Waals surface area contributed by atoms with Crippen LogP contribution in [0.3, 0.4) is 0 Å². The minimum Gasteiger partial charge on any atom is -0.349 e. The highest BCUT2D eigenvalue weighted by molar-refractivity contribution is 7.99. The molecular weight excluding hydrogens is 388 g/mol. The van der Waals surface area contributed by atoms with Crippen molar-refractivity contribution in [3.63, 3.8) is 0 Å². The number of nitrogens with one attached hydrogen (secondary N) is 1. The molecule has 2 heterocycles. The second-order valence-corrected chi connectivity index (χ2v) is 8.87. The van der Waals surface area contributed by atoms with Crippen LogP contribution in [0.5, 0.6) is 0 Å². The Morgan fingerprint density at radius 1 is 1.18 bits per heavy atom. The number of thiophene rings is 1. The summed E-state index contributed by atoms with van der Waals surface area (Å²) in [5.74, 6) is 1.70. The first-order valence-corrected chi connectivity index (χ1v) is 11.4. The van der Waals surface area contributed by atoms with Gasteiger partial charge in [-0.25, -0.2) is 0 Å². The highest BCUT2D eigenvalue weighted by Gasteiger charge is 2.18. The maximum Gasteiger partial charge on any atom is 0.230 e. The lowest BCUT2D eigenvalue weighted by Crippen LogP contribution is -2.31. The van der Waals surface area contributed by atoms with E-state index in [0.717, 1.165) is 34.4 Å². The van der Waals surface area contributed by atoms with Gasteiger partial charge < -0.3 is 9.88 Å². The molecule has 0 fully saturated rings. The molecule has 0 saturated carbocycles. The van der Waals surface area contributed by atoms with Crippen molar-refractivity contribution in [2.45, 2.75) is 44.9 Å². The van der Waals surface area contributed by atoms with Crippen LogP contribution in [-0.2, 0) is 11.3 Å². The summed E-state index contributed by atoms with van der Waals surface area (Å²) in [6.45, 7) is 7.18. The predicted octanol–water partition coefficient (Wildman–Crippen LogP) is 5.02. The average molecular weight is 415 g/mol. The Morgan fingerprint density at radius 2 is 1.96 bits per heavy atom. The summed E-state index contributed by atoms with van der Waals surface area (Å²) in [5, 5.41) is 14.6. The van der Waals surface area contributed by atoms with E-state index in [1.54, 1.807) is 11.3 Å². The van der Waals surface area contributed by atoms with Crippen molar-refractivity contribution in [3.8, 4) is 10.7 Å². The lowest BCUT2D eigenvalue weighted by Gasteiger charge is -2.21. The summed E-state index contributed by atoms with van der Waals surface area (Å²) in [5.41, 5.74) is 1.14.